The molecule has 1 saturated carbocycles. The molecule has 0 unspecified atom stereocenters. The third-order valence-electron chi connectivity index (χ3n) is 4.63. The normalized spacial score (nSPS) is 16.0. The second-order valence-electron chi connectivity index (χ2n) is 6.76. The summed E-state index contributed by atoms with van der Waals surface area (Å²) in [6, 6.07) is 6.80. The molecule has 1 fully saturated rings. The molecular weight excluding hydrogens is 384 g/mol. The van der Waals surface area contributed by atoms with E-state index in [0.717, 1.165) is 30.2 Å². The highest BCUT2D eigenvalue weighted by Crippen LogP contribution is 2.18. The maximum absolute atomic E-state index is 12.0. The number of amides is 1. The lowest BCUT2D eigenvalue weighted by Crippen LogP contribution is -2.63. The first-order chi connectivity index (χ1) is 12.0. The SMILES string of the molecule is O=C(CCCCCNC([O-])([O-])c1ccc(Br)cc1)NC1CCCCC1. The largest absolute Gasteiger partial charge is 0.848 e. The Kier molecular flexibility index (Phi) is 8.36. The van der Waals surface area contributed by atoms with Crippen molar-refractivity contribution in [1.82, 2.24) is 10.6 Å². The summed E-state index contributed by atoms with van der Waals surface area (Å²) in [6.45, 7) is 0.354. The van der Waals surface area contributed by atoms with E-state index in [1.54, 1.807) is 12.1 Å². The van der Waals surface area contributed by atoms with Crippen LogP contribution in [-0.4, -0.2) is 18.5 Å². The van der Waals surface area contributed by atoms with Crippen LogP contribution in [0.15, 0.2) is 28.7 Å². The van der Waals surface area contributed by atoms with Crippen LogP contribution < -0.4 is 20.8 Å². The summed E-state index contributed by atoms with van der Waals surface area (Å²) in [5.41, 5.74) is 0.183. The second-order valence-corrected chi connectivity index (χ2v) is 7.68. The monoisotopic (exact) mass is 410 g/mol. The molecule has 1 amide bonds. The summed E-state index contributed by atoms with van der Waals surface area (Å²) in [7, 11) is 0. The maximum atomic E-state index is 12.0. The first kappa shape index (κ1) is 20.4. The van der Waals surface area contributed by atoms with Crippen molar-refractivity contribution in [3.05, 3.63) is 34.3 Å². The van der Waals surface area contributed by atoms with E-state index in [2.05, 4.69) is 26.6 Å². The first-order valence-electron chi connectivity index (χ1n) is 9.19. The van der Waals surface area contributed by atoms with Gasteiger partial charge in [-0.05, 0) is 44.4 Å². The van der Waals surface area contributed by atoms with Crippen LogP contribution in [0, 0.1) is 0 Å². The highest BCUT2D eigenvalue weighted by atomic mass is 79.9. The summed E-state index contributed by atoms with van der Waals surface area (Å²) in [4.78, 5) is 11.9. The van der Waals surface area contributed by atoms with Gasteiger partial charge in [-0.1, -0.05) is 59.3 Å². The maximum Gasteiger partial charge on any atom is 0.220 e. The Bertz CT molecular complexity index is 528. The minimum absolute atomic E-state index is 0.122. The molecule has 0 radical (unpaired) electrons. The molecule has 0 heterocycles. The van der Waals surface area contributed by atoms with E-state index < -0.39 is 5.91 Å². The predicted molar refractivity (Wildman–Crippen MR) is 97.3 cm³/mol. The van der Waals surface area contributed by atoms with Gasteiger partial charge < -0.3 is 20.8 Å². The molecule has 2 rings (SSSR count). The van der Waals surface area contributed by atoms with Gasteiger partial charge in [-0.2, -0.15) is 0 Å². The number of hydrogen-bond acceptors (Lipinski definition) is 4. The topological polar surface area (TPSA) is 87.2 Å². The highest BCUT2D eigenvalue weighted by molar-refractivity contribution is 9.10. The van der Waals surface area contributed by atoms with Crippen molar-refractivity contribution in [2.24, 2.45) is 0 Å². The minimum Gasteiger partial charge on any atom is -0.848 e. The predicted octanol–water partition coefficient (Wildman–Crippen LogP) is 1.88. The molecule has 2 N–H and O–H groups in total. The fourth-order valence-corrected chi connectivity index (χ4v) is 3.42. The lowest BCUT2D eigenvalue weighted by atomic mass is 9.95. The number of benzene rings is 1. The van der Waals surface area contributed by atoms with Crippen molar-refractivity contribution in [2.45, 2.75) is 69.7 Å². The number of hydrogen-bond donors (Lipinski definition) is 2. The molecular formula is C19H27BrN2O3-2. The van der Waals surface area contributed by atoms with Crippen LogP contribution in [0.4, 0.5) is 0 Å². The highest BCUT2D eigenvalue weighted by Gasteiger charge is 2.15. The molecule has 0 aliphatic heterocycles. The molecule has 0 atom stereocenters. The molecule has 25 heavy (non-hydrogen) atoms. The van der Waals surface area contributed by atoms with Crippen molar-refractivity contribution in [3.63, 3.8) is 0 Å². The van der Waals surface area contributed by atoms with Gasteiger partial charge in [0.2, 0.25) is 5.91 Å². The van der Waals surface area contributed by atoms with Crippen LogP contribution in [0.2, 0.25) is 0 Å². The van der Waals surface area contributed by atoms with Crippen LogP contribution in [0.25, 0.3) is 0 Å². The van der Waals surface area contributed by atoms with Gasteiger partial charge in [-0.15, -0.1) is 5.91 Å². The smallest absolute Gasteiger partial charge is 0.220 e. The van der Waals surface area contributed by atoms with Gasteiger partial charge in [0.1, 0.15) is 0 Å². The summed E-state index contributed by atoms with van der Waals surface area (Å²) >= 11 is 3.28. The Morgan fingerprint density at radius 3 is 2.44 bits per heavy atom. The van der Waals surface area contributed by atoms with Crippen LogP contribution in [0.3, 0.4) is 0 Å². The third kappa shape index (κ3) is 7.44. The van der Waals surface area contributed by atoms with E-state index in [1.807, 2.05) is 0 Å². The molecule has 0 aromatic heterocycles. The number of carbonyl (C=O) groups is 1. The number of nitrogens with one attached hydrogen (secondary N) is 2. The fourth-order valence-electron chi connectivity index (χ4n) is 3.16. The fraction of sp³-hybridized carbons (Fsp3) is 0.632. The zero-order chi connectivity index (χ0) is 18.1. The van der Waals surface area contributed by atoms with E-state index in [1.165, 1.54) is 31.4 Å². The number of rotatable bonds is 9. The lowest BCUT2D eigenvalue weighted by Gasteiger charge is -2.50. The van der Waals surface area contributed by atoms with Crippen LogP contribution >= 0.6 is 15.9 Å². The van der Waals surface area contributed by atoms with Crippen molar-refractivity contribution in [1.29, 1.82) is 0 Å². The van der Waals surface area contributed by atoms with Crippen LogP contribution in [0.1, 0.15) is 63.4 Å². The molecule has 0 saturated heterocycles. The van der Waals surface area contributed by atoms with Gasteiger partial charge in [0, 0.05) is 16.9 Å². The first-order valence-corrected chi connectivity index (χ1v) is 9.98. The van der Waals surface area contributed by atoms with Crippen molar-refractivity contribution >= 4 is 21.8 Å². The number of halogens is 1. The van der Waals surface area contributed by atoms with Crippen LogP contribution in [-0.2, 0) is 10.7 Å². The zero-order valence-electron chi connectivity index (χ0n) is 14.6. The van der Waals surface area contributed by atoms with E-state index in [-0.39, 0.29) is 11.5 Å². The quantitative estimate of drug-likeness (QED) is 0.480. The Hall–Kier alpha value is -0.950. The molecule has 1 aliphatic carbocycles. The molecule has 140 valence electrons. The Balaban J connectivity index is 1.56. The van der Waals surface area contributed by atoms with Crippen molar-refractivity contribution in [2.75, 3.05) is 6.54 Å². The Labute approximate surface area is 158 Å². The Morgan fingerprint density at radius 1 is 1.08 bits per heavy atom. The van der Waals surface area contributed by atoms with Crippen LogP contribution in [0.5, 0.6) is 0 Å². The molecule has 0 spiro atoms. The molecule has 1 aromatic rings. The standard InChI is InChI=1S/C19H27BrN2O3/c20-16-12-10-15(11-13-16)19(24,25)21-14-6-2-5-9-18(23)22-17-7-3-1-4-8-17/h10-13,17,21H,1-9,14H2,(H,22,23)/q-2. The number of unbranched alkanes of at least 4 members (excludes halogenated alkanes) is 2. The second kappa shape index (κ2) is 10.3. The average molecular weight is 411 g/mol. The van der Waals surface area contributed by atoms with E-state index in [9.17, 15) is 15.0 Å². The van der Waals surface area contributed by atoms with Gasteiger partial charge >= 0.3 is 0 Å². The van der Waals surface area contributed by atoms with Crippen molar-refractivity contribution in [3.8, 4) is 0 Å². The third-order valence-corrected chi connectivity index (χ3v) is 5.16. The summed E-state index contributed by atoms with van der Waals surface area (Å²) in [6.07, 6.45) is 8.72. The zero-order valence-corrected chi connectivity index (χ0v) is 16.1. The van der Waals surface area contributed by atoms with Gasteiger partial charge in [-0.25, -0.2) is 0 Å². The summed E-state index contributed by atoms with van der Waals surface area (Å²) < 4.78 is 0.832. The van der Waals surface area contributed by atoms with Gasteiger partial charge in [0.15, 0.2) is 0 Å². The number of carbonyl (C=O) groups excluding carboxylic acids is 1. The molecule has 5 nitrogen and oxygen atoms in total. The summed E-state index contributed by atoms with van der Waals surface area (Å²) in [5.74, 6) is -2.41. The lowest BCUT2D eigenvalue weighted by molar-refractivity contribution is -0.744. The van der Waals surface area contributed by atoms with Gasteiger partial charge in [-0.3, -0.25) is 4.79 Å². The minimum atomic E-state index is -2.53. The molecule has 0 bridgehead atoms. The molecule has 1 aromatic carbocycles. The van der Waals surface area contributed by atoms with Gasteiger partial charge in [0.05, 0.1) is 0 Å². The Morgan fingerprint density at radius 2 is 1.76 bits per heavy atom. The average Bonchev–Trinajstić information content (AvgIpc) is 2.59. The molecule has 1 aliphatic rings. The van der Waals surface area contributed by atoms with E-state index in [0.29, 0.717) is 25.4 Å². The van der Waals surface area contributed by atoms with Crippen molar-refractivity contribution < 1.29 is 15.0 Å². The summed E-state index contributed by atoms with van der Waals surface area (Å²) in [5, 5.41) is 29.7. The van der Waals surface area contributed by atoms with Gasteiger partial charge in [0.25, 0.3) is 0 Å². The molecule has 6 heteroatoms. The van der Waals surface area contributed by atoms with E-state index >= 15 is 0 Å². The van der Waals surface area contributed by atoms with E-state index in [4.69, 9.17) is 0 Å².